The molecule has 0 spiro atoms. The number of aliphatic hydroxyl groups is 1. The largest absolute Gasteiger partial charge is 0.461 e. The minimum absolute atomic E-state index is 0.0847. The van der Waals surface area contributed by atoms with Gasteiger partial charge in [0, 0.05) is 23.7 Å². The Morgan fingerprint density at radius 2 is 2.09 bits per heavy atom. The summed E-state index contributed by atoms with van der Waals surface area (Å²) in [5.74, 6) is -0.601. The van der Waals surface area contributed by atoms with E-state index in [0.717, 1.165) is 12.7 Å². The molecular weight excluding hydrogens is 320 g/mol. The van der Waals surface area contributed by atoms with E-state index in [0.29, 0.717) is 12.0 Å². The summed E-state index contributed by atoms with van der Waals surface area (Å²) in [6.45, 7) is 7.84. The van der Waals surface area contributed by atoms with Gasteiger partial charge >= 0.3 is 5.97 Å². The molecule has 1 aliphatic heterocycles. The third-order valence-electron chi connectivity index (χ3n) is 6.03. The van der Waals surface area contributed by atoms with Crippen molar-refractivity contribution < 1.29 is 27.2 Å². The average molecular weight is 344 g/mol. The molecule has 1 heterocycles. The highest BCUT2D eigenvalue weighted by molar-refractivity contribution is 7.86. The summed E-state index contributed by atoms with van der Waals surface area (Å²) in [7, 11) is -3.65. The van der Waals surface area contributed by atoms with E-state index in [9.17, 15) is 18.3 Å². The van der Waals surface area contributed by atoms with Crippen LogP contribution in [0.4, 0.5) is 0 Å². The molecular formula is C16H24O6S. The van der Waals surface area contributed by atoms with Gasteiger partial charge < -0.3 is 9.84 Å². The van der Waals surface area contributed by atoms with Crippen LogP contribution in [-0.2, 0) is 23.8 Å². The van der Waals surface area contributed by atoms with Crippen molar-refractivity contribution in [2.75, 3.05) is 6.26 Å². The molecule has 3 rings (SSSR count). The summed E-state index contributed by atoms with van der Waals surface area (Å²) < 4.78 is 34.1. The van der Waals surface area contributed by atoms with Gasteiger partial charge in [-0.25, -0.2) is 0 Å². The van der Waals surface area contributed by atoms with Gasteiger partial charge in [-0.05, 0) is 18.4 Å². The molecule has 3 fully saturated rings. The second kappa shape index (κ2) is 5.29. The fraction of sp³-hybridized carbons (Fsp3) is 0.812. The average Bonchev–Trinajstić information content (AvgIpc) is 2.70. The molecule has 0 aromatic heterocycles. The Balaban J connectivity index is 1.99. The zero-order chi connectivity index (χ0) is 17.2. The van der Waals surface area contributed by atoms with Crippen molar-refractivity contribution in [1.29, 1.82) is 0 Å². The first-order chi connectivity index (χ1) is 10.5. The fourth-order valence-corrected chi connectivity index (χ4v) is 5.43. The van der Waals surface area contributed by atoms with E-state index in [1.54, 1.807) is 0 Å². The van der Waals surface area contributed by atoms with Crippen molar-refractivity contribution >= 4 is 16.1 Å². The van der Waals surface area contributed by atoms with Crippen molar-refractivity contribution in [2.45, 2.75) is 51.4 Å². The SMILES string of the molecule is C=C1[C@H](O)C[C@@H](OS(C)(=O)=O)[C@]2(C)CC[C@@H]3[C@H](OC(=O)[C@H]3C)[C@@H]12. The third kappa shape index (κ3) is 2.62. The van der Waals surface area contributed by atoms with E-state index < -0.39 is 27.7 Å². The fourth-order valence-electron chi connectivity index (χ4n) is 4.71. The van der Waals surface area contributed by atoms with Gasteiger partial charge in [-0.3, -0.25) is 8.98 Å². The summed E-state index contributed by atoms with van der Waals surface area (Å²) in [6, 6.07) is 0. The minimum Gasteiger partial charge on any atom is -0.461 e. The van der Waals surface area contributed by atoms with Gasteiger partial charge in [0.25, 0.3) is 10.1 Å². The molecule has 0 radical (unpaired) electrons. The number of hydrogen-bond donors (Lipinski definition) is 1. The Bertz CT molecular complexity index is 641. The number of hydrogen-bond acceptors (Lipinski definition) is 6. The number of esters is 1. The van der Waals surface area contributed by atoms with Crippen LogP contribution in [0, 0.1) is 23.2 Å². The van der Waals surface area contributed by atoms with Crippen LogP contribution in [0.15, 0.2) is 12.2 Å². The molecule has 1 saturated heterocycles. The Kier molecular flexibility index (Phi) is 3.89. The molecule has 0 aromatic rings. The Labute approximate surface area is 137 Å². The first-order valence-corrected chi connectivity index (χ1v) is 9.82. The van der Waals surface area contributed by atoms with Gasteiger partial charge in [0.15, 0.2) is 0 Å². The molecule has 7 heteroatoms. The maximum atomic E-state index is 12.0. The van der Waals surface area contributed by atoms with E-state index in [-0.39, 0.29) is 36.2 Å². The van der Waals surface area contributed by atoms with E-state index in [1.807, 2.05) is 13.8 Å². The molecule has 3 aliphatic rings. The molecule has 130 valence electrons. The number of aliphatic hydroxyl groups excluding tert-OH is 1. The van der Waals surface area contributed by atoms with Crippen LogP contribution in [-0.4, -0.2) is 44.1 Å². The summed E-state index contributed by atoms with van der Waals surface area (Å²) in [6.07, 6.45) is 0.851. The molecule has 2 saturated carbocycles. The van der Waals surface area contributed by atoms with Crippen molar-refractivity contribution in [3.63, 3.8) is 0 Å². The summed E-state index contributed by atoms with van der Waals surface area (Å²) >= 11 is 0. The molecule has 23 heavy (non-hydrogen) atoms. The maximum Gasteiger partial charge on any atom is 0.309 e. The molecule has 1 N–H and O–H groups in total. The smallest absolute Gasteiger partial charge is 0.309 e. The predicted octanol–water partition coefficient (Wildman–Crippen LogP) is 1.25. The van der Waals surface area contributed by atoms with Crippen LogP contribution in [0.3, 0.4) is 0 Å². The lowest BCUT2D eigenvalue weighted by molar-refractivity contribution is -0.153. The van der Waals surface area contributed by atoms with Crippen LogP contribution in [0.1, 0.15) is 33.1 Å². The number of ether oxygens (including phenoxy) is 1. The molecule has 7 atom stereocenters. The lowest BCUT2D eigenvalue weighted by atomic mass is 9.53. The standard InChI is InChI=1S/C16H24O6S/c1-8-10-5-6-16(3)12(22-23(4,19)20)7-11(17)9(2)13(16)14(10)21-15(8)18/h8,10-14,17H,2,5-7H2,1,3-4H3/t8-,10-,11+,12+,13+,14-,16-/m0/s1. The van der Waals surface area contributed by atoms with Gasteiger partial charge in [-0.1, -0.05) is 20.4 Å². The lowest BCUT2D eigenvalue weighted by Gasteiger charge is -2.54. The minimum atomic E-state index is -3.65. The number of rotatable bonds is 2. The maximum absolute atomic E-state index is 12.0. The van der Waals surface area contributed by atoms with E-state index >= 15 is 0 Å². The van der Waals surface area contributed by atoms with Gasteiger partial charge in [-0.2, -0.15) is 8.42 Å². The van der Waals surface area contributed by atoms with Gasteiger partial charge in [0.05, 0.1) is 24.4 Å². The third-order valence-corrected chi connectivity index (χ3v) is 6.62. The summed E-state index contributed by atoms with van der Waals surface area (Å²) in [5.41, 5.74) is 0.0997. The zero-order valence-corrected chi connectivity index (χ0v) is 14.5. The predicted molar refractivity (Wildman–Crippen MR) is 82.8 cm³/mol. The van der Waals surface area contributed by atoms with Crippen molar-refractivity contribution in [2.24, 2.45) is 23.2 Å². The zero-order valence-electron chi connectivity index (χ0n) is 13.7. The van der Waals surface area contributed by atoms with Gasteiger partial charge in [0.2, 0.25) is 0 Å². The molecule has 0 unspecified atom stereocenters. The highest BCUT2D eigenvalue weighted by atomic mass is 32.2. The van der Waals surface area contributed by atoms with Crippen molar-refractivity contribution in [3.05, 3.63) is 12.2 Å². The van der Waals surface area contributed by atoms with E-state index in [4.69, 9.17) is 8.92 Å². The normalized spacial score (nSPS) is 47.0. The Hall–Kier alpha value is -0.920. The Morgan fingerprint density at radius 3 is 2.70 bits per heavy atom. The highest BCUT2D eigenvalue weighted by Crippen LogP contribution is 2.58. The number of carbonyl (C=O) groups is 1. The molecule has 2 aliphatic carbocycles. The lowest BCUT2D eigenvalue weighted by Crippen LogP contribution is -2.57. The summed E-state index contributed by atoms with van der Waals surface area (Å²) in [4.78, 5) is 12.0. The second-order valence-electron chi connectivity index (χ2n) is 7.49. The first kappa shape index (κ1) is 16.9. The van der Waals surface area contributed by atoms with Crippen LogP contribution in [0.5, 0.6) is 0 Å². The quantitative estimate of drug-likeness (QED) is 0.461. The van der Waals surface area contributed by atoms with E-state index in [1.165, 1.54) is 0 Å². The van der Waals surface area contributed by atoms with Crippen LogP contribution in [0.25, 0.3) is 0 Å². The highest BCUT2D eigenvalue weighted by Gasteiger charge is 2.61. The van der Waals surface area contributed by atoms with Gasteiger partial charge in [-0.15, -0.1) is 0 Å². The van der Waals surface area contributed by atoms with E-state index in [2.05, 4.69) is 6.58 Å². The molecule has 6 nitrogen and oxygen atoms in total. The molecule has 0 bridgehead atoms. The van der Waals surface area contributed by atoms with Crippen molar-refractivity contribution in [1.82, 2.24) is 0 Å². The van der Waals surface area contributed by atoms with Gasteiger partial charge in [0.1, 0.15) is 6.10 Å². The van der Waals surface area contributed by atoms with Crippen LogP contribution < -0.4 is 0 Å². The Morgan fingerprint density at radius 1 is 1.43 bits per heavy atom. The van der Waals surface area contributed by atoms with Crippen molar-refractivity contribution in [3.8, 4) is 0 Å². The second-order valence-corrected chi connectivity index (χ2v) is 9.09. The summed E-state index contributed by atoms with van der Waals surface area (Å²) in [5, 5.41) is 10.3. The topological polar surface area (TPSA) is 89.9 Å². The monoisotopic (exact) mass is 344 g/mol. The first-order valence-electron chi connectivity index (χ1n) is 8.00. The molecule has 0 amide bonds. The molecule has 0 aromatic carbocycles. The number of carbonyl (C=O) groups excluding carboxylic acids is 1. The number of fused-ring (bicyclic) bond motifs is 3. The van der Waals surface area contributed by atoms with Crippen LogP contribution in [0.2, 0.25) is 0 Å². The van der Waals surface area contributed by atoms with Crippen LogP contribution >= 0.6 is 0 Å².